The molecule has 0 amide bonds. The lowest BCUT2D eigenvalue weighted by Crippen LogP contribution is -2.29. The molecule has 0 fully saturated rings. The average Bonchev–Trinajstić information content (AvgIpc) is 1.52. The van der Waals surface area contributed by atoms with E-state index in [-0.39, 0.29) is 20.3 Å². The number of nitrogens with zero attached hydrogens (tertiary/aromatic N) is 2. The van der Waals surface area contributed by atoms with Gasteiger partial charge in [0.2, 0.25) is 0 Å². The van der Waals surface area contributed by atoms with E-state index >= 15 is 0 Å². The largest absolute Gasteiger partial charge is 0.456 e. The van der Waals surface area contributed by atoms with Crippen molar-refractivity contribution < 1.29 is 8.83 Å². The maximum absolute atomic E-state index is 6.47. The lowest BCUT2D eigenvalue weighted by Gasteiger charge is -2.35. The van der Waals surface area contributed by atoms with Gasteiger partial charge in [0.05, 0.1) is 10.8 Å². The first-order chi connectivity index (χ1) is 60.7. The van der Waals surface area contributed by atoms with Gasteiger partial charge < -0.3 is 18.6 Å². The van der Waals surface area contributed by atoms with Crippen molar-refractivity contribution in [1.29, 1.82) is 0 Å². The molecule has 21 aromatic rings. The molecule has 26 rings (SSSR count). The molecule has 0 bridgehead atoms. The number of furan rings is 2. The van der Waals surface area contributed by atoms with Crippen LogP contribution in [-0.4, -0.2) is 0 Å². The molecular formula is C121H86N2O2. The van der Waals surface area contributed by atoms with Crippen LogP contribution in [-0.2, 0) is 16.2 Å². The average molecular weight is 1600 g/mol. The second-order valence-electron chi connectivity index (χ2n) is 33.9. The van der Waals surface area contributed by atoms with E-state index < -0.39 is 10.8 Å². The van der Waals surface area contributed by atoms with Crippen LogP contribution in [0.1, 0.15) is 84.3 Å². The highest BCUT2D eigenvalue weighted by Gasteiger charge is 2.52. The summed E-state index contributed by atoms with van der Waals surface area (Å²) < 4.78 is 12.8. The highest BCUT2D eigenvalue weighted by Crippen LogP contribution is 2.65. The van der Waals surface area contributed by atoms with E-state index in [0.29, 0.717) is 0 Å². The number of fused-ring (bicyclic) bond motifs is 33. The van der Waals surface area contributed by atoms with Crippen LogP contribution in [0.2, 0.25) is 0 Å². The molecule has 19 aromatic carbocycles. The molecule has 0 saturated carbocycles. The molecule has 125 heavy (non-hydrogen) atoms. The Balaban J connectivity index is 0.000000143. The van der Waals surface area contributed by atoms with Crippen LogP contribution < -0.4 is 9.80 Å². The monoisotopic (exact) mass is 1600 g/mol. The van der Waals surface area contributed by atoms with Crippen molar-refractivity contribution in [3.05, 3.63) is 492 Å². The molecule has 0 aliphatic heterocycles. The third-order valence-corrected chi connectivity index (χ3v) is 27.4. The number of hydrogen-bond donors (Lipinski definition) is 0. The standard InChI is InChI=1S/C64H43NO.C55H35NO.2CH4/c1-63(2)55-22-10-5-19-49(55)51-34-32-44(39-60(51)63)65(43-33-36-62-54(38-43)52-21-9-14-26-61(52)66-62)42-30-27-40(28-31-42)41-29-35-59-53(37-41)50-20-8-13-25-58(50)64(59)56-23-11-6-17-47(56)45-15-3-4-16-46(45)48-18-7-12-24-57(48)64;1-2-14-36(15-3-1)37-26-28-38(29-27-37)56(40-30-32-47-46-21-9-13-25-53(46)57-54(47)35-40)39-31-33-52-48(34-39)45-20-8-12-24-51(45)55(52)49-22-10-6-18-43(49)41-16-4-5-17-42(41)44-19-7-11-23-50(44)55;;/h3-39H,1-2H3;1-35H;2*1H4. The first-order valence-corrected chi connectivity index (χ1v) is 42.8. The van der Waals surface area contributed by atoms with Crippen LogP contribution >= 0.6 is 0 Å². The first kappa shape index (κ1) is 74.4. The minimum atomic E-state index is -0.522. The van der Waals surface area contributed by atoms with Crippen molar-refractivity contribution in [2.45, 2.75) is 44.9 Å². The summed E-state index contributed by atoms with van der Waals surface area (Å²) in [6.07, 6.45) is 0. The van der Waals surface area contributed by atoms with Crippen molar-refractivity contribution in [3.63, 3.8) is 0 Å². The van der Waals surface area contributed by atoms with Crippen LogP contribution in [0.15, 0.2) is 446 Å². The van der Waals surface area contributed by atoms with Crippen molar-refractivity contribution in [3.8, 4) is 100 Å². The number of hydrogen-bond acceptors (Lipinski definition) is 4. The Hall–Kier alpha value is -15.6. The van der Waals surface area contributed by atoms with Crippen molar-refractivity contribution in [2.24, 2.45) is 0 Å². The van der Waals surface area contributed by atoms with Gasteiger partial charge in [0, 0.05) is 67.2 Å². The van der Waals surface area contributed by atoms with Crippen LogP contribution in [0.25, 0.3) is 144 Å². The maximum Gasteiger partial charge on any atom is 0.137 e. The summed E-state index contributed by atoms with van der Waals surface area (Å²) in [5.41, 5.74) is 44.9. The highest BCUT2D eigenvalue weighted by molar-refractivity contribution is 6.09. The molecule has 4 heteroatoms. The third-order valence-electron chi connectivity index (χ3n) is 27.4. The summed E-state index contributed by atoms with van der Waals surface area (Å²) in [7, 11) is 0. The molecule has 0 saturated heterocycles. The van der Waals surface area contributed by atoms with Gasteiger partial charge in [0.25, 0.3) is 0 Å². The van der Waals surface area contributed by atoms with Gasteiger partial charge in [0.1, 0.15) is 22.3 Å². The zero-order chi connectivity index (χ0) is 81.2. The van der Waals surface area contributed by atoms with Crippen LogP contribution in [0, 0.1) is 0 Å². The molecular weight excluding hydrogens is 1510 g/mol. The van der Waals surface area contributed by atoms with Gasteiger partial charge >= 0.3 is 0 Å². The number of benzene rings is 19. The molecule has 0 radical (unpaired) electrons. The minimum absolute atomic E-state index is 0. The van der Waals surface area contributed by atoms with Crippen molar-refractivity contribution in [1.82, 2.24) is 0 Å². The minimum Gasteiger partial charge on any atom is -0.456 e. The molecule has 2 heterocycles. The zero-order valence-corrected chi connectivity index (χ0v) is 67.8. The van der Waals surface area contributed by atoms with E-state index in [0.717, 1.165) is 78.0 Å². The smallest absolute Gasteiger partial charge is 0.137 e. The van der Waals surface area contributed by atoms with Gasteiger partial charge in [-0.1, -0.05) is 362 Å². The van der Waals surface area contributed by atoms with E-state index in [1.165, 1.54) is 156 Å². The molecule has 2 aromatic heterocycles. The van der Waals surface area contributed by atoms with Gasteiger partial charge in [-0.25, -0.2) is 0 Å². The van der Waals surface area contributed by atoms with E-state index in [4.69, 9.17) is 8.83 Å². The first-order valence-electron chi connectivity index (χ1n) is 42.8. The Morgan fingerprint density at radius 3 is 0.952 bits per heavy atom. The van der Waals surface area contributed by atoms with Crippen molar-refractivity contribution >= 4 is 78.0 Å². The molecule has 0 unspecified atom stereocenters. The fourth-order valence-electron chi connectivity index (χ4n) is 22.1. The summed E-state index contributed by atoms with van der Waals surface area (Å²) in [4.78, 5) is 4.78. The lowest BCUT2D eigenvalue weighted by atomic mass is 9.66. The van der Waals surface area contributed by atoms with Crippen LogP contribution in [0.4, 0.5) is 34.1 Å². The molecule has 4 nitrogen and oxygen atoms in total. The Bertz CT molecular complexity index is 7800. The summed E-state index contributed by atoms with van der Waals surface area (Å²) in [6.45, 7) is 4.71. The summed E-state index contributed by atoms with van der Waals surface area (Å²) >= 11 is 0. The predicted molar refractivity (Wildman–Crippen MR) is 522 cm³/mol. The molecule has 0 N–H and O–H groups in total. The van der Waals surface area contributed by atoms with Gasteiger partial charge in [-0.05, 0) is 253 Å². The molecule has 592 valence electrons. The van der Waals surface area contributed by atoms with E-state index in [2.05, 4.69) is 442 Å². The van der Waals surface area contributed by atoms with Gasteiger partial charge in [-0.2, -0.15) is 0 Å². The molecule has 5 aliphatic carbocycles. The highest BCUT2D eigenvalue weighted by atomic mass is 16.3. The van der Waals surface area contributed by atoms with Gasteiger partial charge in [-0.3, -0.25) is 0 Å². The Morgan fingerprint density at radius 1 is 0.168 bits per heavy atom. The number of para-hydroxylation sites is 2. The quantitative estimate of drug-likeness (QED) is 0.152. The summed E-state index contributed by atoms with van der Waals surface area (Å²) in [6, 6.07) is 161. The summed E-state index contributed by atoms with van der Waals surface area (Å²) in [5.74, 6) is 0. The van der Waals surface area contributed by atoms with E-state index in [1.54, 1.807) is 0 Å². The lowest BCUT2D eigenvalue weighted by molar-refractivity contribution is 0.660. The number of rotatable bonds is 8. The van der Waals surface area contributed by atoms with Gasteiger partial charge in [-0.15, -0.1) is 0 Å². The van der Waals surface area contributed by atoms with Crippen molar-refractivity contribution in [2.75, 3.05) is 9.80 Å². The van der Waals surface area contributed by atoms with E-state index in [9.17, 15) is 0 Å². The summed E-state index contributed by atoms with van der Waals surface area (Å²) in [5, 5.41) is 4.47. The molecule has 5 aliphatic rings. The predicted octanol–water partition coefficient (Wildman–Crippen LogP) is 33.0. The third kappa shape index (κ3) is 11.0. The second-order valence-corrected chi connectivity index (χ2v) is 33.9. The second kappa shape index (κ2) is 28.8. The topological polar surface area (TPSA) is 32.8 Å². The normalized spacial score (nSPS) is 13.4. The number of anilines is 6. The fraction of sp³-hybridized carbons (Fsp3) is 0.0579. The SMILES string of the molecule is C.C.CC1(C)c2ccccc2-c2ccc(N(c3ccc(-c4ccc5c(c4)-c4ccccc4C54c5ccccc5-c5ccccc5-c5ccccc54)cc3)c3ccc4oc5ccccc5c4c3)cc21.c1ccc(-c2ccc(N(c3ccc4c(c3)-c3ccccc3C43c4ccccc4-c4ccccc4-c4ccccc43)c3ccc4c(c3)oc3ccccc34)cc2)cc1. The Labute approximate surface area is 729 Å². The zero-order valence-electron chi connectivity index (χ0n) is 67.8. The molecule has 2 spiro atoms. The molecule has 0 atom stereocenters. The Morgan fingerprint density at radius 2 is 0.456 bits per heavy atom. The Kier molecular flexibility index (Phi) is 17.1. The maximum atomic E-state index is 6.47. The fourth-order valence-corrected chi connectivity index (χ4v) is 22.1. The van der Waals surface area contributed by atoms with E-state index in [1.807, 2.05) is 18.2 Å². The van der Waals surface area contributed by atoms with Gasteiger partial charge in [0.15, 0.2) is 0 Å². The van der Waals surface area contributed by atoms with Crippen LogP contribution in [0.5, 0.6) is 0 Å². The van der Waals surface area contributed by atoms with Crippen LogP contribution in [0.3, 0.4) is 0 Å².